The van der Waals surface area contributed by atoms with Crippen LogP contribution in [0.4, 0.5) is 5.69 Å². The second-order valence-electron chi connectivity index (χ2n) is 5.74. The zero-order valence-corrected chi connectivity index (χ0v) is 14.9. The van der Waals surface area contributed by atoms with Gasteiger partial charge in [0.05, 0.1) is 6.61 Å². The maximum atomic E-state index is 11.8. The van der Waals surface area contributed by atoms with Crippen molar-refractivity contribution in [3.63, 3.8) is 0 Å². The van der Waals surface area contributed by atoms with Crippen LogP contribution < -0.4 is 11.1 Å². The van der Waals surface area contributed by atoms with Crippen LogP contribution in [0.2, 0.25) is 0 Å². The first-order valence-corrected chi connectivity index (χ1v) is 7.39. The number of benzene rings is 1. The van der Waals surface area contributed by atoms with Gasteiger partial charge < -0.3 is 15.8 Å². The molecule has 0 radical (unpaired) electrons. The van der Waals surface area contributed by atoms with Crippen molar-refractivity contribution in [1.29, 1.82) is 0 Å². The summed E-state index contributed by atoms with van der Waals surface area (Å²) >= 11 is 1.80. The molecule has 0 aliphatic carbocycles. The van der Waals surface area contributed by atoms with Gasteiger partial charge in [-0.25, -0.2) is 0 Å². The van der Waals surface area contributed by atoms with E-state index in [1.807, 2.05) is 19.1 Å². The normalized spacial score (nSPS) is 12.5. The number of thioether (sulfide) groups is 1. The van der Waals surface area contributed by atoms with E-state index in [0.29, 0.717) is 0 Å². The third kappa shape index (κ3) is 7.18. The number of aryl methyl sites for hydroxylation is 1. The Morgan fingerprint density at radius 2 is 2.05 bits per heavy atom. The number of nitrogens with two attached hydrogens (primary N) is 1. The van der Waals surface area contributed by atoms with Gasteiger partial charge in [0.1, 0.15) is 6.04 Å². The van der Waals surface area contributed by atoms with E-state index in [2.05, 4.69) is 32.2 Å². The lowest BCUT2D eigenvalue weighted by atomic mass is 10.2. The minimum atomic E-state index is -0.650. The molecule has 0 bridgehead atoms. The average molecular weight is 333 g/mol. The molecule has 0 heterocycles. The fourth-order valence-electron chi connectivity index (χ4n) is 1.67. The lowest BCUT2D eigenvalue weighted by Gasteiger charge is -2.19. The maximum Gasteiger partial charge on any atom is 0.243 e. The SMILES string of the molecule is COCC(N)C(=O)Nc1ccc(SC(C)(C)C)cc1C.Cl. The lowest BCUT2D eigenvalue weighted by molar-refractivity contribution is -0.118. The Morgan fingerprint density at radius 1 is 1.43 bits per heavy atom. The molecule has 1 atom stereocenters. The molecule has 0 aliphatic rings. The smallest absolute Gasteiger partial charge is 0.243 e. The van der Waals surface area contributed by atoms with Crippen LogP contribution in [0.5, 0.6) is 0 Å². The first-order chi connectivity index (χ1) is 9.23. The first-order valence-electron chi connectivity index (χ1n) is 6.58. The van der Waals surface area contributed by atoms with Gasteiger partial charge in [0, 0.05) is 22.4 Å². The second kappa shape index (κ2) is 8.63. The molecule has 3 N–H and O–H groups in total. The van der Waals surface area contributed by atoms with Crippen molar-refractivity contribution in [2.24, 2.45) is 5.73 Å². The van der Waals surface area contributed by atoms with Gasteiger partial charge in [-0.05, 0) is 30.7 Å². The number of carbonyl (C=O) groups excluding carboxylic acids is 1. The largest absolute Gasteiger partial charge is 0.383 e. The van der Waals surface area contributed by atoms with Crippen molar-refractivity contribution < 1.29 is 9.53 Å². The Labute approximate surface area is 137 Å². The van der Waals surface area contributed by atoms with Crippen LogP contribution in [0.3, 0.4) is 0 Å². The van der Waals surface area contributed by atoms with Crippen molar-refractivity contribution in [1.82, 2.24) is 0 Å². The summed E-state index contributed by atoms with van der Waals surface area (Å²) in [4.78, 5) is 13.0. The summed E-state index contributed by atoms with van der Waals surface area (Å²) in [7, 11) is 1.52. The summed E-state index contributed by atoms with van der Waals surface area (Å²) < 4.78 is 5.04. The van der Waals surface area contributed by atoms with Gasteiger partial charge in [0.25, 0.3) is 0 Å². The number of amides is 1. The number of hydrogen-bond donors (Lipinski definition) is 2. The molecule has 0 aromatic heterocycles. The van der Waals surface area contributed by atoms with E-state index in [0.717, 1.165) is 11.3 Å². The molecule has 120 valence electrons. The monoisotopic (exact) mass is 332 g/mol. The minimum Gasteiger partial charge on any atom is -0.383 e. The lowest BCUT2D eigenvalue weighted by Crippen LogP contribution is -2.39. The highest BCUT2D eigenvalue weighted by Crippen LogP contribution is 2.33. The highest BCUT2D eigenvalue weighted by Gasteiger charge is 2.15. The number of carbonyl (C=O) groups is 1. The van der Waals surface area contributed by atoms with Crippen LogP contribution in [0.15, 0.2) is 23.1 Å². The fourth-order valence-corrected chi connectivity index (χ4v) is 2.75. The zero-order chi connectivity index (χ0) is 15.3. The summed E-state index contributed by atoms with van der Waals surface area (Å²) in [6, 6.07) is 5.36. The van der Waals surface area contributed by atoms with Gasteiger partial charge in [-0.3, -0.25) is 4.79 Å². The van der Waals surface area contributed by atoms with Crippen LogP contribution in [0.25, 0.3) is 0 Å². The van der Waals surface area contributed by atoms with Crippen molar-refractivity contribution in [3.8, 4) is 0 Å². The van der Waals surface area contributed by atoms with Gasteiger partial charge >= 0.3 is 0 Å². The molecular formula is C15H25ClN2O2S. The quantitative estimate of drug-likeness (QED) is 0.813. The average Bonchev–Trinajstić information content (AvgIpc) is 2.30. The highest BCUT2D eigenvalue weighted by atomic mass is 35.5. The number of rotatable bonds is 5. The van der Waals surface area contributed by atoms with Gasteiger partial charge in [0.15, 0.2) is 0 Å². The Hall–Kier alpha value is -0.750. The Kier molecular flexibility index (Phi) is 8.33. The summed E-state index contributed by atoms with van der Waals surface area (Å²) in [6.45, 7) is 8.71. The van der Waals surface area contributed by atoms with Crippen LogP contribution in [-0.2, 0) is 9.53 Å². The molecule has 0 saturated carbocycles. The molecule has 1 aromatic rings. The third-order valence-corrected chi connectivity index (χ3v) is 3.66. The van der Waals surface area contributed by atoms with E-state index in [1.54, 1.807) is 11.8 Å². The standard InChI is InChI=1S/C15H24N2O2S.ClH/c1-10-8-11(20-15(2,3)4)6-7-13(10)17-14(18)12(16)9-19-5;/h6-8,12H,9,16H2,1-5H3,(H,17,18);1H. The minimum absolute atomic E-state index is 0. The molecule has 0 spiro atoms. The van der Waals surface area contributed by atoms with Gasteiger partial charge in [0.2, 0.25) is 5.91 Å². The summed E-state index contributed by atoms with van der Waals surface area (Å²) in [5.74, 6) is -0.230. The predicted octanol–water partition coefficient (Wildman–Crippen LogP) is 3.22. The van der Waals surface area contributed by atoms with E-state index in [9.17, 15) is 4.79 Å². The van der Waals surface area contributed by atoms with Crippen LogP contribution in [-0.4, -0.2) is 30.4 Å². The molecule has 6 heteroatoms. The Morgan fingerprint density at radius 3 is 2.52 bits per heavy atom. The number of hydrogen-bond acceptors (Lipinski definition) is 4. The first kappa shape index (κ1) is 20.2. The molecule has 0 fully saturated rings. The van der Waals surface area contributed by atoms with Gasteiger partial charge in [-0.1, -0.05) is 20.8 Å². The predicted molar refractivity (Wildman–Crippen MR) is 92.5 cm³/mol. The van der Waals surface area contributed by atoms with Crippen LogP contribution in [0, 0.1) is 6.92 Å². The van der Waals surface area contributed by atoms with E-state index < -0.39 is 6.04 Å². The number of methoxy groups -OCH3 is 1. The second-order valence-corrected chi connectivity index (χ2v) is 7.64. The molecule has 0 aliphatic heterocycles. The molecular weight excluding hydrogens is 308 g/mol. The van der Waals surface area contributed by atoms with Crippen LogP contribution in [0.1, 0.15) is 26.3 Å². The number of nitrogens with one attached hydrogen (secondary N) is 1. The maximum absolute atomic E-state index is 11.8. The molecule has 21 heavy (non-hydrogen) atoms. The number of ether oxygens (including phenoxy) is 1. The highest BCUT2D eigenvalue weighted by molar-refractivity contribution is 8.00. The number of anilines is 1. The topological polar surface area (TPSA) is 64.3 Å². The van der Waals surface area contributed by atoms with Crippen molar-refractivity contribution >= 4 is 35.8 Å². The summed E-state index contributed by atoms with van der Waals surface area (Å²) in [5, 5.41) is 2.83. The molecule has 1 amide bonds. The van der Waals surface area contributed by atoms with E-state index >= 15 is 0 Å². The fraction of sp³-hybridized carbons (Fsp3) is 0.533. The van der Waals surface area contributed by atoms with Crippen LogP contribution >= 0.6 is 24.2 Å². The van der Waals surface area contributed by atoms with Crippen molar-refractivity contribution in [3.05, 3.63) is 23.8 Å². The van der Waals surface area contributed by atoms with E-state index in [1.165, 1.54) is 12.0 Å². The van der Waals surface area contributed by atoms with E-state index in [-0.39, 0.29) is 29.7 Å². The number of halogens is 1. The Bertz CT molecular complexity index is 475. The van der Waals surface area contributed by atoms with Crippen molar-refractivity contribution in [2.75, 3.05) is 19.0 Å². The summed E-state index contributed by atoms with van der Waals surface area (Å²) in [5.41, 5.74) is 7.51. The molecule has 1 rings (SSSR count). The zero-order valence-electron chi connectivity index (χ0n) is 13.2. The molecule has 0 saturated heterocycles. The van der Waals surface area contributed by atoms with Gasteiger partial charge in [-0.2, -0.15) is 0 Å². The molecule has 4 nitrogen and oxygen atoms in total. The summed E-state index contributed by atoms with van der Waals surface area (Å²) in [6.07, 6.45) is 0. The van der Waals surface area contributed by atoms with Crippen molar-refractivity contribution in [2.45, 2.75) is 43.4 Å². The van der Waals surface area contributed by atoms with Gasteiger partial charge in [-0.15, -0.1) is 24.2 Å². The third-order valence-electron chi connectivity index (χ3n) is 2.56. The Balaban J connectivity index is 0.00000400. The molecule has 1 unspecified atom stereocenters. The van der Waals surface area contributed by atoms with E-state index in [4.69, 9.17) is 10.5 Å². The molecule has 1 aromatic carbocycles.